The second-order valence-electron chi connectivity index (χ2n) is 6.15. The van der Waals surface area contributed by atoms with Crippen molar-refractivity contribution in [2.75, 3.05) is 11.9 Å². The van der Waals surface area contributed by atoms with Crippen LogP contribution in [-0.2, 0) is 0 Å². The highest BCUT2D eigenvalue weighted by molar-refractivity contribution is 9.10. The third-order valence-electron chi connectivity index (χ3n) is 3.48. The number of nitrogens with zero attached hydrogens (tertiary/aromatic N) is 3. The number of anilines is 1. The molecule has 0 saturated carbocycles. The van der Waals surface area contributed by atoms with Crippen molar-refractivity contribution in [2.45, 2.75) is 19.4 Å². The number of phenolic OH excluding ortho intramolecular Hbond substituents is 1. The first-order valence-electron chi connectivity index (χ1n) is 7.41. The Kier molecular flexibility index (Phi) is 4.38. The Balaban J connectivity index is 2.12. The molecule has 6 nitrogen and oxygen atoms in total. The lowest BCUT2D eigenvalue weighted by atomic mass is 10.1. The molecule has 2 aromatic heterocycles. The Morgan fingerprint density at radius 1 is 1.17 bits per heavy atom. The SMILES string of the molecule is CC(C)(O)CNc1nnc(-c2ccc(Br)cc2O)c2ccncc12. The van der Waals surface area contributed by atoms with Crippen LogP contribution in [0.15, 0.2) is 41.1 Å². The molecule has 0 aliphatic rings. The summed E-state index contributed by atoms with van der Waals surface area (Å²) in [5.74, 6) is 0.662. The molecule has 0 fully saturated rings. The van der Waals surface area contributed by atoms with Crippen molar-refractivity contribution < 1.29 is 10.2 Å². The van der Waals surface area contributed by atoms with E-state index < -0.39 is 5.60 Å². The minimum Gasteiger partial charge on any atom is -0.507 e. The topological polar surface area (TPSA) is 91.2 Å². The minimum absolute atomic E-state index is 0.119. The van der Waals surface area contributed by atoms with Crippen molar-refractivity contribution >= 4 is 32.5 Å². The number of aromatic nitrogens is 3. The maximum Gasteiger partial charge on any atom is 0.158 e. The van der Waals surface area contributed by atoms with E-state index in [0.29, 0.717) is 23.6 Å². The third kappa shape index (κ3) is 3.47. The zero-order valence-corrected chi connectivity index (χ0v) is 14.9. The molecule has 0 spiro atoms. The van der Waals surface area contributed by atoms with Crippen molar-refractivity contribution in [1.29, 1.82) is 0 Å². The molecule has 124 valence electrons. The van der Waals surface area contributed by atoms with Crippen LogP contribution in [-0.4, -0.2) is 37.5 Å². The molecule has 3 aromatic rings. The fourth-order valence-corrected chi connectivity index (χ4v) is 2.68. The van der Waals surface area contributed by atoms with E-state index in [1.165, 1.54) is 0 Å². The lowest BCUT2D eigenvalue weighted by Crippen LogP contribution is -2.29. The first-order valence-corrected chi connectivity index (χ1v) is 8.20. The second-order valence-corrected chi connectivity index (χ2v) is 7.06. The minimum atomic E-state index is -0.876. The normalized spacial score (nSPS) is 11.7. The molecule has 0 amide bonds. The molecule has 1 aromatic carbocycles. The van der Waals surface area contributed by atoms with Gasteiger partial charge in [-0.15, -0.1) is 10.2 Å². The van der Waals surface area contributed by atoms with E-state index in [4.69, 9.17) is 0 Å². The molecular weight excluding hydrogens is 372 g/mol. The van der Waals surface area contributed by atoms with E-state index in [9.17, 15) is 10.2 Å². The van der Waals surface area contributed by atoms with Gasteiger partial charge in [-0.05, 0) is 38.1 Å². The summed E-state index contributed by atoms with van der Waals surface area (Å²) in [6.45, 7) is 3.75. The fraction of sp³-hybridized carbons (Fsp3) is 0.235. The molecule has 7 heteroatoms. The maximum atomic E-state index is 10.2. The van der Waals surface area contributed by atoms with Crippen molar-refractivity contribution in [2.24, 2.45) is 0 Å². The van der Waals surface area contributed by atoms with Gasteiger partial charge < -0.3 is 15.5 Å². The van der Waals surface area contributed by atoms with E-state index in [2.05, 4.69) is 36.4 Å². The average Bonchev–Trinajstić information content (AvgIpc) is 2.52. The Hall–Kier alpha value is -2.25. The predicted molar refractivity (Wildman–Crippen MR) is 96.9 cm³/mol. The highest BCUT2D eigenvalue weighted by Gasteiger charge is 2.17. The summed E-state index contributed by atoms with van der Waals surface area (Å²) in [6.07, 6.45) is 3.36. The van der Waals surface area contributed by atoms with E-state index in [-0.39, 0.29) is 5.75 Å². The van der Waals surface area contributed by atoms with Gasteiger partial charge in [0.15, 0.2) is 5.82 Å². The number of fused-ring (bicyclic) bond motifs is 1. The van der Waals surface area contributed by atoms with Crippen LogP contribution in [0.2, 0.25) is 0 Å². The number of hydrogen-bond donors (Lipinski definition) is 3. The summed E-state index contributed by atoms with van der Waals surface area (Å²) < 4.78 is 0.783. The summed E-state index contributed by atoms with van der Waals surface area (Å²) in [6, 6.07) is 7.07. The molecule has 24 heavy (non-hydrogen) atoms. The molecular formula is C17H17BrN4O2. The number of phenols is 1. The van der Waals surface area contributed by atoms with Crippen molar-refractivity contribution in [3.05, 3.63) is 41.1 Å². The van der Waals surface area contributed by atoms with Gasteiger partial charge in [0.2, 0.25) is 0 Å². The van der Waals surface area contributed by atoms with Crippen molar-refractivity contribution in [1.82, 2.24) is 15.2 Å². The molecule has 0 unspecified atom stereocenters. The molecule has 2 heterocycles. The number of halogens is 1. The molecule has 3 rings (SSSR count). The largest absolute Gasteiger partial charge is 0.507 e. The van der Waals surface area contributed by atoms with Gasteiger partial charge >= 0.3 is 0 Å². The zero-order chi connectivity index (χ0) is 17.3. The molecule has 0 aliphatic carbocycles. The first-order chi connectivity index (χ1) is 11.3. The van der Waals surface area contributed by atoms with E-state index in [1.54, 1.807) is 38.4 Å². The summed E-state index contributed by atoms with van der Waals surface area (Å²) in [4.78, 5) is 4.15. The quantitative estimate of drug-likeness (QED) is 0.634. The van der Waals surface area contributed by atoms with Crippen LogP contribution in [0.4, 0.5) is 5.82 Å². The number of hydrogen-bond acceptors (Lipinski definition) is 6. The Bertz CT molecular complexity index is 893. The standard InChI is InChI=1S/C17H17BrN4O2/c1-17(2,24)9-20-16-13-8-19-6-5-11(13)15(21-22-16)12-4-3-10(18)7-14(12)23/h3-8,23-24H,9H2,1-2H3,(H,20,22). The van der Waals surface area contributed by atoms with Gasteiger partial charge in [0.25, 0.3) is 0 Å². The van der Waals surface area contributed by atoms with Gasteiger partial charge in [-0.2, -0.15) is 0 Å². The highest BCUT2D eigenvalue weighted by Crippen LogP contribution is 2.35. The molecule has 0 atom stereocenters. The number of rotatable bonds is 4. The molecule has 0 aliphatic heterocycles. The fourth-order valence-electron chi connectivity index (χ4n) is 2.33. The van der Waals surface area contributed by atoms with Gasteiger partial charge in [-0.1, -0.05) is 15.9 Å². The number of nitrogens with one attached hydrogen (secondary N) is 1. The molecule has 0 saturated heterocycles. The van der Waals surface area contributed by atoms with Crippen LogP contribution in [0.5, 0.6) is 5.75 Å². The predicted octanol–water partition coefficient (Wildman–Crippen LogP) is 3.34. The van der Waals surface area contributed by atoms with Crippen LogP contribution in [0.3, 0.4) is 0 Å². The summed E-state index contributed by atoms with van der Waals surface area (Å²) in [5.41, 5.74) is 0.293. The number of aromatic hydroxyl groups is 1. The van der Waals surface area contributed by atoms with Crippen LogP contribution in [0.25, 0.3) is 22.0 Å². The second kappa shape index (κ2) is 6.33. The monoisotopic (exact) mass is 388 g/mol. The number of pyridine rings is 1. The van der Waals surface area contributed by atoms with Gasteiger partial charge in [-0.25, -0.2) is 0 Å². The van der Waals surface area contributed by atoms with Gasteiger partial charge in [0.05, 0.1) is 5.60 Å². The molecule has 3 N–H and O–H groups in total. The molecule has 0 radical (unpaired) electrons. The highest BCUT2D eigenvalue weighted by atomic mass is 79.9. The average molecular weight is 389 g/mol. The molecule has 0 bridgehead atoms. The summed E-state index contributed by atoms with van der Waals surface area (Å²) in [7, 11) is 0. The van der Waals surface area contributed by atoms with Gasteiger partial charge in [0.1, 0.15) is 11.4 Å². The maximum absolute atomic E-state index is 10.2. The number of benzene rings is 1. The van der Waals surface area contributed by atoms with E-state index in [1.807, 2.05) is 12.1 Å². The van der Waals surface area contributed by atoms with Gasteiger partial charge in [-0.3, -0.25) is 4.98 Å². The van der Waals surface area contributed by atoms with Crippen molar-refractivity contribution in [3.63, 3.8) is 0 Å². The third-order valence-corrected chi connectivity index (χ3v) is 3.98. The lowest BCUT2D eigenvalue weighted by Gasteiger charge is -2.19. The zero-order valence-electron chi connectivity index (χ0n) is 13.3. The van der Waals surface area contributed by atoms with Crippen LogP contribution in [0, 0.1) is 0 Å². The summed E-state index contributed by atoms with van der Waals surface area (Å²) in [5, 5.41) is 33.3. The van der Waals surface area contributed by atoms with Crippen LogP contribution < -0.4 is 5.32 Å². The van der Waals surface area contributed by atoms with Gasteiger partial charge in [0, 0.05) is 39.7 Å². The lowest BCUT2D eigenvalue weighted by molar-refractivity contribution is 0.0944. The van der Waals surface area contributed by atoms with E-state index >= 15 is 0 Å². The number of aliphatic hydroxyl groups is 1. The first kappa shape index (κ1) is 16.6. The van der Waals surface area contributed by atoms with Crippen LogP contribution >= 0.6 is 15.9 Å². The smallest absolute Gasteiger partial charge is 0.158 e. The van der Waals surface area contributed by atoms with Crippen molar-refractivity contribution in [3.8, 4) is 17.0 Å². The Labute approximate surface area is 147 Å². The Morgan fingerprint density at radius 2 is 1.96 bits per heavy atom. The summed E-state index contributed by atoms with van der Waals surface area (Å²) >= 11 is 3.33. The van der Waals surface area contributed by atoms with E-state index in [0.717, 1.165) is 15.2 Å². The Morgan fingerprint density at radius 3 is 2.67 bits per heavy atom. The van der Waals surface area contributed by atoms with Crippen LogP contribution in [0.1, 0.15) is 13.8 Å².